The molecule has 0 spiro atoms. The first-order chi connectivity index (χ1) is 5.65. The predicted octanol–water partition coefficient (Wildman–Crippen LogP) is 2.15. The molecule has 1 aromatic carbocycles. The fourth-order valence-corrected chi connectivity index (χ4v) is 1.29. The molecule has 0 saturated heterocycles. The van der Waals surface area contributed by atoms with Gasteiger partial charge in [-0.2, -0.15) is 0 Å². The van der Waals surface area contributed by atoms with Crippen molar-refractivity contribution in [2.75, 3.05) is 11.9 Å². The van der Waals surface area contributed by atoms with E-state index >= 15 is 0 Å². The Morgan fingerprint density at radius 1 is 1.50 bits per heavy atom. The second-order valence-corrected chi connectivity index (χ2v) is 3.01. The number of amides is 1. The van der Waals surface area contributed by atoms with Gasteiger partial charge in [0.1, 0.15) is 0 Å². The number of anilines is 1. The third-order valence-electron chi connectivity index (χ3n) is 1.60. The average molecular weight is 183 g/mol. The first-order valence-electron chi connectivity index (χ1n) is 3.53. The molecule has 0 aliphatic rings. The minimum atomic E-state index is 0.570. The van der Waals surface area contributed by atoms with Gasteiger partial charge in [0.2, 0.25) is 0 Å². The topological polar surface area (TPSA) is 20.3 Å². The number of hydrogen-bond donors (Lipinski definition) is 0. The van der Waals surface area contributed by atoms with Crippen LogP contribution in [0, 0.1) is 6.92 Å². The van der Waals surface area contributed by atoms with E-state index in [0.717, 1.165) is 5.56 Å². The van der Waals surface area contributed by atoms with Crippen molar-refractivity contribution in [1.29, 1.82) is 0 Å². The molecule has 0 unspecified atom stereocenters. The summed E-state index contributed by atoms with van der Waals surface area (Å²) in [6.07, 6.45) is 1.74. The summed E-state index contributed by atoms with van der Waals surface area (Å²) in [5.74, 6) is 0. The standard InChI is InChI=1S/C9H9ClNO/c1-7-3-4-9(8(10)5-7)11(2)6-12/h3-5H,1-2H3. The molecule has 0 atom stereocenters. The third-order valence-corrected chi connectivity index (χ3v) is 1.90. The summed E-state index contributed by atoms with van der Waals surface area (Å²) < 4.78 is 0. The molecular formula is C9H9ClNO. The highest BCUT2D eigenvalue weighted by Gasteiger charge is 2.04. The first-order valence-corrected chi connectivity index (χ1v) is 3.90. The van der Waals surface area contributed by atoms with Gasteiger partial charge in [-0.15, -0.1) is 0 Å². The molecular weight excluding hydrogens is 174 g/mol. The van der Waals surface area contributed by atoms with Crippen LogP contribution in [0.4, 0.5) is 5.69 Å². The molecule has 0 aromatic heterocycles. The van der Waals surface area contributed by atoms with E-state index < -0.39 is 0 Å². The molecule has 0 bridgehead atoms. The van der Waals surface area contributed by atoms with Crippen LogP contribution in [0.2, 0.25) is 5.02 Å². The molecule has 2 nitrogen and oxygen atoms in total. The summed E-state index contributed by atoms with van der Waals surface area (Å²) >= 11 is 5.88. The maximum absolute atomic E-state index is 10.3. The van der Waals surface area contributed by atoms with Gasteiger partial charge in [0, 0.05) is 7.05 Å². The van der Waals surface area contributed by atoms with Gasteiger partial charge in [-0.1, -0.05) is 17.7 Å². The Hall–Kier alpha value is -1.02. The molecule has 1 rings (SSSR count). The average Bonchev–Trinajstić information content (AvgIpc) is 2.03. The highest BCUT2D eigenvalue weighted by Crippen LogP contribution is 2.24. The fraction of sp³-hybridized carbons (Fsp3) is 0.222. The number of rotatable bonds is 2. The summed E-state index contributed by atoms with van der Waals surface area (Å²) in [7, 11) is 1.61. The van der Waals surface area contributed by atoms with Crippen molar-refractivity contribution in [3.05, 3.63) is 28.8 Å². The lowest BCUT2D eigenvalue weighted by Crippen LogP contribution is -2.13. The molecule has 1 aromatic rings. The van der Waals surface area contributed by atoms with E-state index in [9.17, 15) is 4.79 Å². The van der Waals surface area contributed by atoms with Gasteiger partial charge in [0.25, 0.3) is 0 Å². The van der Waals surface area contributed by atoms with E-state index in [-0.39, 0.29) is 0 Å². The fourth-order valence-electron chi connectivity index (χ4n) is 0.933. The van der Waals surface area contributed by atoms with Crippen LogP contribution in [0.15, 0.2) is 18.2 Å². The number of carbonyl (C=O) groups excluding carboxylic acids is 1. The van der Waals surface area contributed by atoms with Crippen LogP contribution >= 0.6 is 11.6 Å². The molecule has 63 valence electrons. The van der Waals surface area contributed by atoms with Gasteiger partial charge in [-0.25, -0.2) is 0 Å². The van der Waals surface area contributed by atoms with Gasteiger partial charge in [-0.05, 0) is 24.6 Å². The van der Waals surface area contributed by atoms with Gasteiger partial charge < -0.3 is 4.90 Å². The summed E-state index contributed by atoms with van der Waals surface area (Å²) in [5.41, 5.74) is 1.75. The Kier molecular flexibility index (Phi) is 2.71. The van der Waals surface area contributed by atoms with Gasteiger partial charge in [0.15, 0.2) is 0 Å². The molecule has 0 fully saturated rings. The normalized spacial score (nSPS) is 9.58. The molecule has 0 heterocycles. The first kappa shape index (κ1) is 9.07. The summed E-state index contributed by atoms with van der Waals surface area (Å²) in [6, 6.07) is 5.50. The summed E-state index contributed by atoms with van der Waals surface area (Å²) in [6.45, 7) is 1.94. The summed E-state index contributed by atoms with van der Waals surface area (Å²) in [5, 5.41) is 0.570. The number of benzene rings is 1. The van der Waals surface area contributed by atoms with Crippen molar-refractivity contribution in [3.63, 3.8) is 0 Å². The van der Waals surface area contributed by atoms with Crippen molar-refractivity contribution < 1.29 is 4.79 Å². The predicted molar refractivity (Wildman–Crippen MR) is 50.3 cm³/mol. The van der Waals surface area contributed by atoms with Crippen LogP contribution < -0.4 is 4.90 Å². The highest BCUT2D eigenvalue weighted by atomic mass is 35.5. The quantitative estimate of drug-likeness (QED) is 0.642. The molecule has 1 radical (unpaired) electrons. The number of halogens is 1. The van der Waals surface area contributed by atoms with Gasteiger partial charge in [0.05, 0.1) is 10.7 Å². The van der Waals surface area contributed by atoms with E-state index in [2.05, 4.69) is 0 Å². The van der Waals surface area contributed by atoms with E-state index in [1.807, 2.05) is 19.1 Å². The molecule has 1 amide bonds. The minimum Gasteiger partial charge on any atom is -0.306 e. The number of nitrogens with zero attached hydrogens (tertiary/aromatic N) is 1. The third kappa shape index (κ3) is 1.77. The Bertz CT molecular complexity index is 299. The van der Waals surface area contributed by atoms with E-state index in [1.54, 1.807) is 19.5 Å². The SMILES string of the molecule is Cc1ccc(N(C)[C]=O)c(Cl)c1. The van der Waals surface area contributed by atoms with Crippen molar-refractivity contribution >= 4 is 23.7 Å². The van der Waals surface area contributed by atoms with Crippen LogP contribution in [0.1, 0.15) is 5.56 Å². The summed E-state index contributed by atoms with van der Waals surface area (Å²) in [4.78, 5) is 11.6. The smallest absolute Gasteiger partial charge is 0.306 e. The maximum Gasteiger partial charge on any atom is 0.316 e. The second-order valence-electron chi connectivity index (χ2n) is 2.61. The molecule has 0 aliphatic carbocycles. The largest absolute Gasteiger partial charge is 0.316 e. The lowest BCUT2D eigenvalue weighted by Gasteiger charge is -2.11. The monoisotopic (exact) mass is 182 g/mol. The zero-order valence-electron chi connectivity index (χ0n) is 6.97. The van der Waals surface area contributed by atoms with E-state index in [1.165, 1.54) is 4.90 Å². The Balaban J connectivity index is 3.09. The van der Waals surface area contributed by atoms with Crippen LogP contribution in [-0.4, -0.2) is 13.5 Å². The van der Waals surface area contributed by atoms with Crippen molar-refractivity contribution in [2.24, 2.45) is 0 Å². The van der Waals surface area contributed by atoms with Crippen LogP contribution in [-0.2, 0) is 4.79 Å². The lowest BCUT2D eigenvalue weighted by molar-refractivity contribution is 0.554. The van der Waals surface area contributed by atoms with Crippen LogP contribution in [0.3, 0.4) is 0 Å². The van der Waals surface area contributed by atoms with Gasteiger partial charge in [-0.3, -0.25) is 4.79 Å². The second kappa shape index (κ2) is 3.59. The van der Waals surface area contributed by atoms with E-state index in [0.29, 0.717) is 10.7 Å². The molecule has 12 heavy (non-hydrogen) atoms. The Morgan fingerprint density at radius 3 is 2.67 bits per heavy atom. The van der Waals surface area contributed by atoms with Gasteiger partial charge >= 0.3 is 6.41 Å². The molecule has 3 heteroatoms. The van der Waals surface area contributed by atoms with Crippen LogP contribution in [0.5, 0.6) is 0 Å². The van der Waals surface area contributed by atoms with Crippen molar-refractivity contribution in [1.82, 2.24) is 0 Å². The molecule has 0 saturated carbocycles. The number of hydrogen-bond acceptors (Lipinski definition) is 1. The molecule has 0 N–H and O–H groups in total. The Labute approximate surface area is 76.8 Å². The lowest BCUT2D eigenvalue weighted by atomic mass is 10.2. The Morgan fingerprint density at radius 2 is 2.17 bits per heavy atom. The van der Waals surface area contributed by atoms with Crippen molar-refractivity contribution in [2.45, 2.75) is 6.92 Å². The van der Waals surface area contributed by atoms with E-state index in [4.69, 9.17) is 11.6 Å². The zero-order valence-corrected chi connectivity index (χ0v) is 7.72. The van der Waals surface area contributed by atoms with Crippen molar-refractivity contribution in [3.8, 4) is 0 Å². The highest BCUT2D eigenvalue weighted by molar-refractivity contribution is 6.33. The number of aryl methyl sites for hydroxylation is 1. The minimum absolute atomic E-state index is 0.570. The zero-order chi connectivity index (χ0) is 9.14. The maximum atomic E-state index is 10.3. The molecule has 0 aliphatic heterocycles. The van der Waals surface area contributed by atoms with Crippen LogP contribution in [0.25, 0.3) is 0 Å².